The van der Waals surface area contributed by atoms with Crippen molar-refractivity contribution in [3.63, 3.8) is 0 Å². The van der Waals surface area contributed by atoms with Crippen LogP contribution in [0.1, 0.15) is 33.2 Å². The van der Waals surface area contributed by atoms with Gasteiger partial charge in [-0.1, -0.05) is 0 Å². The molecule has 0 unspecified atom stereocenters. The number of carbonyl (C=O) groups is 1. The van der Waals surface area contributed by atoms with Crippen LogP contribution >= 0.6 is 11.3 Å². The van der Waals surface area contributed by atoms with E-state index in [0.717, 1.165) is 36.5 Å². The van der Waals surface area contributed by atoms with Gasteiger partial charge in [0.15, 0.2) is 0 Å². The first-order valence-corrected chi connectivity index (χ1v) is 8.80. The lowest BCUT2D eigenvalue weighted by atomic mass is 10.2. The molecule has 4 heterocycles. The average Bonchev–Trinajstić information content (AvgIpc) is 3.28. The standard InChI is InChI=1S/C17H17N3O3S/c1-10-13-16(19-12-5-2-8-20(12)17(13)22)24-14(10)15(21)18-7-6-11-4-3-9-23-11/h3-4,9H,2,5-8H2,1H3,(H,18,21). The molecule has 0 saturated carbocycles. The second-order valence-electron chi connectivity index (χ2n) is 5.91. The molecule has 1 N–H and O–H groups in total. The predicted molar refractivity (Wildman–Crippen MR) is 91.7 cm³/mol. The molecule has 1 amide bonds. The van der Waals surface area contributed by atoms with Crippen molar-refractivity contribution in [3.05, 3.63) is 50.8 Å². The molecule has 4 rings (SSSR count). The number of nitrogens with zero attached hydrogens (tertiary/aromatic N) is 2. The van der Waals surface area contributed by atoms with E-state index in [-0.39, 0.29) is 11.5 Å². The highest BCUT2D eigenvalue weighted by Crippen LogP contribution is 2.28. The maximum atomic E-state index is 12.6. The van der Waals surface area contributed by atoms with Gasteiger partial charge in [0.1, 0.15) is 16.4 Å². The normalized spacial score (nSPS) is 13.4. The Morgan fingerprint density at radius 3 is 3.17 bits per heavy atom. The molecule has 0 fully saturated rings. The summed E-state index contributed by atoms with van der Waals surface area (Å²) in [6, 6.07) is 3.70. The zero-order valence-electron chi connectivity index (χ0n) is 13.3. The number of furan rings is 1. The molecule has 6 nitrogen and oxygen atoms in total. The van der Waals surface area contributed by atoms with Gasteiger partial charge in [0.25, 0.3) is 11.5 Å². The first kappa shape index (κ1) is 15.1. The minimum absolute atomic E-state index is 0.0177. The molecule has 0 bridgehead atoms. The van der Waals surface area contributed by atoms with Crippen LogP contribution in [0.25, 0.3) is 10.2 Å². The Labute approximate surface area is 142 Å². The van der Waals surface area contributed by atoms with Gasteiger partial charge in [0, 0.05) is 25.9 Å². The van der Waals surface area contributed by atoms with Gasteiger partial charge in [-0.15, -0.1) is 11.3 Å². The summed E-state index contributed by atoms with van der Waals surface area (Å²) < 4.78 is 6.99. The van der Waals surface area contributed by atoms with E-state index in [1.165, 1.54) is 11.3 Å². The fourth-order valence-electron chi connectivity index (χ4n) is 3.13. The first-order chi connectivity index (χ1) is 11.6. The van der Waals surface area contributed by atoms with E-state index in [1.54, 1.807) is 10.8 Å². The largest absolute Gasteiger partial charge is 0.469 e. The molecule has 124 valence electrons. The van der Waals surface area contributed by atoms with Gasteiger partial charge in [0.2, 0.25) is 0 Å². The van der Waals surface area contributed by atoms with Crippen LogP contribution in [0.15, 0.2) is 27.6 Å². The molecule has 0 radical (unpaired) electrons. The summed E-state index contributed by atoms with van der Waals surface area (Å²) in [7, 11) is 0. The van der Waals surface area contributed by atoms with Crippen LogP contribution in [0.3, 0.4) is 0 Å². The number of aryl methyl sites for hydroxylation is 2. The molecule has 3 aromatic rings. The Morgan fingerprint density at radius 2 is 2.38 bits per heavy atom. The molecule has 3 aromatic heterocycles. The summed E-state index contributed by atoms with van der Waals surface area (Å²) >= 11 is 1.30. The number of hydrogen-bond donors (Lipinski definition) is 1. The monoisotopic (exact) mass is 343 g/mol. The van der Waals surface area contributed by atoms with E-state index in [0.29, 0.717) is 28.1 Å². The van der Waals surface area contributed by atoms with Crippen LogP contribution in [0, 0.1) is 6.92 Å². The lowest BCUT2D eigenvalue weighted by Gasteiger charge is -2.03. The molecule has 1 aliphatic heterocycles. The second-order valence-corrected chi connectivity index (χ2v) is 6.91. The number of fused-ring (bicyclic) bond motifs is 2. The van der Waals surface area contributed by atoms with Gasteiger partial charge in [0.05, 0.1) is 16.5 Å². The molecule has 1 aliphatic rings. The lowest BCUT2D eigenvalue weighted by Crippen LogP contribution is -2.25. The lowest BCUT2D eigenvalue weighted by molar-refractivity contribution is 0.0957. The van der Waals surface area contributed by atoms with Crippen LogP contribution in [0.2, 0.25) is 0 Å². The van der Waals surface area contributed by atoms with E-state index in [9.17, 15) is 9.59 Å². The number of nitrogens with one attached hydrogen (secondary N) is 1. The summed E-state index contributed by atoms with van der Waals surface area (Å²) in [6.45, 7) is 3.03. The van der Waals surface area contributed by atoms with Crippen molar-refractivity contribution in [1.82, 2.24) is 14.9 Å². The summed E-state index contributed by atoms with van der Waals surface area (Å²) in [4.78, 5) is 30.9. The van der Waals surface area contributed by atoms with Crippen LogP contribution in [0.4, 0.5) is 0 Å². The molecular formula is C17H17N3O3S. The zero-order chi connectivity index (χ0) is 16.7. The van der Waals surface area contributed by atoms with Crippen molar-refractivity contribution in [2.75, 3.05) is 6.54 Å². The highest BCUT2D eigenvalue weighted by Gasteiger charge is 2.23. The van der Waals surface area contributed by atoms with Crippen LogP contribution in [-0.4, -0.2) is 22.0 Å². The van der Waals surface area contributed by atoms with E-state index in [1.807, 2.05) is 19.1 Å². The highest BCUT2D eigenvalue weighted by atomic mass is 32.1. The van der Waals surface area contributed by atoms with Gasteiger partial charge in [-0.25, -0.2) is 4.98 Å². The van der Waals surface area contributed by atoms with Crippen molar-refractivity contribution in [3.8, 4) is 0 Å². The quantitative estimate of drug-likeness (QED) is 0.788. The highest BCUT2D eigenvalue weighted by molar-refractivity contribution is 7.20. The molecule has 7 heteroatoms. The number of carbonyl (C=O) groups excluding carboxylic acids is 1. The fraction of sp³-hybridized carbons (Fsp3) is 0.353. The Bertz CT molecular complexity index is 969. The van der Waals surface area contributed by atoms with E-state index < -0.39 is 0 Å². The first-order valence-electron chi connectivity index (χ1n) is 7.98. The minimum atomic E-state index is -0.161. The summed E-state index contributed by atoms with van der Waals surface area (Å²) in [5.74, 6) is 1.50. The smallest absolute Gasteiger partial charge is 0.262 e. The number of aromatic nitrogens is 2. The van der Waals surface area contributed by atoms with Gasteiger partial charge in [-0.2, -0.15) is 0 Å². The third-order valence-corrected chi connectivity index (χ3v) is 5.54. The van der Waals surface area contributed by atoms with Crippen molar-refractivity contribution in [1.29, 1.82) is 0 Å². The molecule has 0 saturated heterocycles. The molecule has 0 aromatic carbocycles. The fourth-order valence-corrected chi connectivity index (χ4v) is 4.23. The second kappa shape index (κ2) is 5.90. The van der Waals surface area contributed by atoms with E-state index in [4.69, 9.17) is 4.42 Å². The number of rotatable bonds is 4. The number of hydrogen-bond acceptors (Lipinski definition) is 5. The summed E-state index contributed by atoms with van der Waals surface area (Å²) in [6.07, 6.45) is 4.04. The molecule has 0 spiro atoms. The number of amides is 1. The topological polar surface area (TPSA) is 77.1 Å². The predicted octanol–water partition coefficient (Wildman–Crippen LogP) is 2.28. The molecular weight excluding hydrogens is 326 g/mol. The van der Waals surface area contributed by atoms with Gasteiger partial charge < -0.3 is 9.73 Å². The van der Waals surface area contributed by atoms with Crippen molar-refractivity contribution >= 4 is 27.5 Å². The van der Waals surface area contributed by atoms with Crippen LogP contribution in [0.5, 0.6) is 0 Å². The minimum Gasteiger partial charge on any atom is -0.469 e. The molecule has 24 heavy (non-hydrogen) atoms. The zero-order valence-corrected chi connectivity index (χ0v) is 14.1. The Balaban J connectivity index is 1.60. The number of thiophene rings is 1. The van der Waals surface area contributed by atoms with E-state index >= 15 is 0 Å². The maximum absolute atomic E-state index is 12.6. The SMILES string of the molecule is Cc1c(C(=O)NCCc2ccco2)sc2nc3n(c(=O)c12)CCC3. The summed E-state index contributed by atoms with van der Waals surface area (Å²) in [5.41, 5.74) is 0.709. The van der Waals surface area contributed by atoms with Gasteiger partial charge >= 0.3 is 0 Å². The van der Waals surface area contributed by atoms with Crippen molar-refractivity contribution in [2.24, 2.45) is 0 Å². The van der Waals surface area contributed by atoms with Crippen molar-refractivity contribution < 1.29 is 9.21 Å². The maximum Gasteiger partial charge on any atom is 0.262 e. The third kappa shape index (κ3) is 2.45. The Morgan fingerprint density at radius 1 is 1.50 bits per heavy atom. The van der Waals surface area contributed by atoms with Crippen LogP contribution < -0.4 is 10.9 Å². The average molecular weight is 343 g/mol. The molecule has 0 atom stereocenters. The third-order valence-electron chi connectivity index (χ3n) is 4.35. The van der Waals surface area contributed by atoms with Gasteiger partial charge in [-0.3, -0.25) is 14.2 Å². The van der Waals surface area contributed by atoms with Crippen LogP contribution in [-0.2, 0) is 19.4 Å². The molecule has 0 aliphatic carbocycles. The van der Waals surface area contributed by atoms with Crippen molar-refractivity contribution in [2.45, 2.75) is 32.7 Å². The summed E-state index contributed by atoms with van der Waals surface area (Å²) in [5, 5.41) is 3.48. The van der Waals surface area contributed by atoms with E-state index in [2.05, 4.69) is 10.3 Å². The van der Waals surface area contributed by atoms with Gasteiger partial charge in [-0.05, 0) is 31.0 Å². The Hall–Kier alpha value is -2.41. The Kier molecular flexibility index (Phi) is 3.72.